The Hall–Kier alpha value is -3.64. The number of benzene rings is 3. The first-order chi connectivity index (χ1) is 14.9. The summed E-state index contributed by atoms with van der Waals surface area (Å²) >= 11 is 0. The first-order valence-corrected chi connectivity index (χ1v) is 10.7. The van der Waals surface area contributed by atoms with Crippen LogP contribution in [0.15, 0.2) is 132 Å². The van der Waals surface area contributed by atoms with E-state index in [1.165, 1.54) is 55.0 Å². The van der Waals surface area contributed by atoms with E-state index in [1.54, 1.807) is 0 Å². The number of hydrogen-bond acceptors (Lipinski definition) is 0. The monoisotopic (exact) mass is 380 g/mol. The molecular formula is C30H20. The lowest BCUT2D eigenvalue weighted by Crippen LogP contribution is -2.29. The van der Waals surface area contributed by atoms with Crippen molar-refractivity contribution < 1.29 is 0 Å². The van der Waals surface area contributed by atoms with Crippen LogP contribution in [0.1, 0.15) is 5.56 Å². The lowest BCUT2D eigenvalue weighted by atomic mass is 9.63. The van der Waals surface area contributed by atoms with Crippen LogP contribution in [0, 0.1) is 11.8 Å². The van der Waals surface area contributed by atoms with Crippen molar-refractivity contribution in [3.8, 4) is 0 Å². The molecule has 7 rings (SSSR count). The summed E-state index contributed by atoms with van der Waals surface area (Å²) in [4.78, 5) is 0. The van der Waals surface area contributed by atoms with Crippen molar-refractivity contribution in [3.05, 3.63) is 137 Å². The number of fused-ring (bicyclic) bond motifs is 3. The predicted octanol–water partition coefficient (Wildman–Crippen LogP) is 7.48. The zero-order valence-corrected chi connectivity index (χ0v) is 16.5. The van der Waals surface area contributed by atoms with E-state index in [2.05, 4.69) is 109 Å². The molecule has 0 saturated carbocycles. The highest BCUT2D eigenvalue weighted by molar-refractivity contribution is 6.11. The molecule has 0 fully saturated rings. The number of rotatable bonds is 1. The average molecular weight is 380 g/mol. The molecule has 0 amide bonds. The smallest absolute Gasteiger partial charge is 0.0205 e. The Bertz CT molecular complexity index is 1480. The minimum atomic E-state index is 0.418. The second kappa shape index (κ2) is 5.93. The van der Waals surface area contributed by atoms with Gasteiger partial charge in [0.25, 0.3) is 0 Å². The van der Waals surface area contributed by atoms with Gasteiger partial charge in [-0.3, -0.25) is 0 Å². The van der Waals surface area contributed by atoms with Gasteiger partial charge in [-0.15, -0.1) is 0 Å². The molecule has 4 aliphatic rings. The number of allylic oxidation sites excluding steroid dienone is 14. The summed E-state index contributed by atoms with van der Waals surface area (Å²) in [5.41, 5.74) is 8.45. The maximum atomic E-state index is 2.36. The first-order valence-electron chi connectivity index (χ1n) is 10.7. The quantitative estimate of drug-likeness (QED) is 0.384. The summed E-state index contributed by atoms with van der Waals surface area (Å²) in [6, 6.07) is 20.0. The molecule has 0 aliphatic heterocycles. The molecule has 0 radical (unpaired) electrons. The van der Waals surface area contributed by atoms with Crippen LogP contribution in [0.2, 0.25) is 0 Å². The van der Waals surface area contributed by atoms with Gasteiger partial charge in [-0.1, -0.05) is 109 Å². The van der Waals surface area contributed by atoms with Crippen molar-refractivity contribution in [2.75, 3.05) is 0 Å². The van der Waals surface area contributed by atoms with Gasteiger partial charge in [0.15, 0.2) is 0 Å². The highest BCUT2D eigenvalue weighted by Gasteiger charge is 2.38. The summed E-state index contributed by atoms with van der Waals surface area (Å²) < 4.78 is 0. The van der Waals surface area contributed by atoms with Gasteiger partial charge in [0.2, 0.25) is 0 Å². The third kappa shape index (κ3) is 2.11. The van der Waals surface area contributed by atoms with Crippen LogP contribution in [0.3, 0.4) is 0 Å². The van der Waals surface area contributed by atoms with E-state index in [4.69, 9.17) is 0 Å². The Kier molecular flexibility index (Phi) is 3.20. The van der Waals surface area contributed by atoms with Gasteiger partial charge < -0.3 is 0 Å². The van der Waals surface area contributed by atoms with Gasteiger partial charge in [0.05, 0.1) is 0 Å². The van der Waals surface area contributed by atoms with E-state index in [0.717, 1.165) is 0 Å². The first kappa shape index (κ1) is 16.2. The number of hydrogen-bond donors (Lipinski definition) is 0. The van der Waals surface area contributed by atoms with Crippen LogP contribution < -0.4 is 0 Å². The van der Waals surface area contributed by atoms with Gasteiger partial charge in [0.1, 0.15) is 0 Å². The lowest BCUT2D eigenvalue weighted by Gasteiger charge is -2.40. The standard InChI is InChI=1S/C30H20/c1-2-8-23-19(5-1)13-16-26-24(23)9-4-10-25(26)27-17-14-22-12-11-20-6-3-7-21-15-18-28(27)30(22)29(20)21/h1-18,29-30H. The van der Waals surface area contributed by atoms with Crippen molar-refractivity contribution in [2.45, 2.75) is 0 Å². The summed E-state index contributed by atoms with van der Waals surface area (Å²) in [5, 5.41) is 5.29. The minimum Gasteiger partial charge on any atom is -0.0617 e. The van der Waals surface area contributed by atoms with Crippen LogP contribution >= 0.6 is 0 Å². The Balaban J connectivity index is 1.51. The summed E-state index contributed by atoms with van der Waals surface area (Å²) in [7, 11) is 0. The van der Waals surface area contributed by atoms with Crippen LogP contribution in [0.5, 0.6) is 0 Å². The molecule has 2 unspecified atom stereocenters. The Morgan fingerprint density at radius 1 is 0.500 bits per heavy atom. The fourth-order valence-electron chi connectivity index (χ4n) is 5.72. The van der Waals surface area contributed by atoms with E-state index < -0.39 is 0 Å². The van der Waals surface area contributed by atoms with Crippen LogP contribution in [-0.4, -0.2) is 0 Å². The molecule has 3 aromatic carbocycles. The largest absolute Gasteiger partial charge is 0.0617 e. The Morgan fingerprint density at radius 3 is 2.27 bits per heavy atom. The van der Waals surface area contributed by atoms with Gasteiger partial charge in [-0.05, 0) is 55.0 Å². The Labute approximate surface area is 176 Å². The fourth-order valence-corrected chi connectivity index (χ4v) is 5.72. The summed E-state index contributed by atoms with van der Waals surface area (Å²) in [6.07, 6.45) is 20.7. The summed E-state index contributed by atoms with van der Waals surface area (Å²) in [5.74, 6) is 0.868. The molecule has 0 N–H and O–H groups in total. The molecule has 140 valence electrons. The second-order valence-corrected chi connectivity index (χ2v) is 8.54. The van der Waals surface area contributed by atoms with Crippen molar-refractivity contribution >= 4 is 27.1 Å². The van der Waals surface area contributed by atoms with Crippen LogP contribution in [-0.2, 0) is 0 Å². The van der Waals surface area contributed by atoms with E-state index >= 15 is 0 Å². The lowest BCUT2D eigenvalue weighted by molar-refractivity contribution is 0.566. The van der Waals surface area contributed by atoms with Gasteiger partial charge in [-0.25, -0.2) is 0 Å². The Morgan fingerprint density at radius 2 is 1.30 bits per heavy atom. The maximum absolute atomic E-state index is 2.36. The molecule has 2 atom stereocenters. The van der Waals surface area contributed by atoms with Crippen LogP contribution in [0.25, 0.3) is 27.1 Å². The van der Waals surface area contributed by atoms with E-state index in [1.807, 2.05) is 0 Å². The highest BCUT2D eigenvalue weighted by Crippen LogP contribution is 2.51. The molecular weight excluding hydrogens is 360 g/mol. The molecule has 0 aromatic heterocycles. The van der Waals surface area contributed by atoms with E-state index in [-0.39, 0.29) is 0 Å². The van der Waals surface area contributed by atoms with Gasteiger partial charge >= 0.3 is 0 Å². The molecule has 0 spiro atoms. The van der Waals surface area contributed by atoms with E-state index in [9.17, 15) is 0 Å². The van der Waals surface area contributed by atoms with Crippen molar-refractivity contribution in [1.29, 1.82) is 0 Å². The van der Waals surface area contributed by atoms with Crippen LogP contribution in [0.4, 0.5) is 0 Å². The minimum absolute atomic E-state index is 0.418. The molecule has 0 nitrogen and oxygen atoms in total. The zero-order valence-electron chi connectivity index (χ0n) is 16.5. The predicted molar refractivity (Wildman–Crippen MR) is 127 cm³/mol. The topological polar surface area (TPSA) is 0 Å². The fraction of sp³-hybridized carbons (Fsp3) is 0.0667. The molecule has 0 bridgehead atoms. The van der Waals surface area contributed by atoms with E-state index in [0.29, 0.717) is 11.8 Å². The van der Waals surface area contributed by atoms with Gasteiger partial charge in [0, 0.05) is 11.8 Å². The average Bonchev–Trinajstić information content (AvgIpc) is 2.82. The van der Waals surface area contributed by atoms with Crippen molar-refractivity contribution in [3.63, 3.8) is 0 Å². The molecule has 0 heterocycles. The van der Waals surface area contributed by atoms with Crippen molar-refractivity contribution in [1.82, 2.24) is 0 Å². The molecule has 0 heteroatoms. The SMILES string of the molecule is C1=CC2=CC=C3C=CC(c4cccc5c4ccc4ccccc45)=C4C=CC(=C1)C2C34. The second-order valence-electron chi connectivity index (χ2n) is 8.54. The molecule has 0 saturated heterocycles. The third-order valence-corrected chi connectivity index (χ3v) is 7.08. The highest BCUT2D eigenvalue weighted by atomic mass is 14.4. The molecule has 3 aromatic rings. The maximum Gasteiger partial charge on any atom is 0.0205 e. The van der Waals surface area contributed by atoms with Gasteiger partial charge in [-0.2, -0.15) is 0 Å². The summed E-state index contributed by atoms with van der Waals surface area (Å²) in [6.45, 7) is 0. The normalized spacial score (nSPS) is 23.4. The van der Waals surface area contributed by atoms with Crippen molar-refractivity contribution in [2.24, 2.45) is 11.8 Å². The molecule has 30 heavy (non-hydrogen) atoms. The zero-order chi connectivity index (χ0) is 19.7. The third-order valence-electron chi connectivity index (χ3n) is 7.08. The molecule has 4 aliphatic carbocycles.